The van der Waals surface area contributed by atoms with Crippen LogP contribution in [0.3, 0.4) is 0 Å². The van der Waals surface area contributed by atoms with Gasteiger partial charge in [0.05, 0.1) is 24.3 Å². The molecule has 1 aromatic rings. The molecule has 2 aliphatic heterocycles. The Morgan fingerprint density at radius 1 is 1.27 bits per heavy atom. The summed E-state index contributed by atoms with van der Waals surface area (Å²) >= 11 is 0. The predicted molar refractivity (Wildman–Crippen MR) is 108 cm³/mol. The van der Waals surface area contributed by atoms with E-state index in [4.69, 9.17) is 10.5 Å². The zero-order chi connectivity index (χ0) is 21.3. The molecular weight excluding hydrogens is 395 g/mol. The van der Waals surface area contributed by atoms with Crippen LogP contribution < -0.4 is 16.4 Å². The van der Waals surface area contributed by atoms with Crippen molar-refractivity contribution in [2.24, 2.45) is 17.6 Å². The number of alkyl halides is 3. The number of nitrogens with one attached hydrogen (secondary N) is 2. The molecule has 1 aromatic carbocycles. The van der Waals surface area contributed by atoms with E-state index in [1.165, 1.54) is 12.1 Å². The second-order valence-corrected chi connectivity index (χ2v) is 8.11. The number of nitrogens with two attached hydrogens (primary N) is 1. The van der Waals surface area contributed by atoms with Crippen molar-refractivity contribution in [2.45, 2.75) is 43.7 Å². The zero-order valence-corrected chi connectivity index (χ0v) is 16.5. The van der Waals surface area contributed by atoms with Crippen LogP contribution in [0.5, 0.6) is 0 Å². The Kier molecular flexibility index (Phi) is 5.88. The number of hydrogen-bond donors (Lipinski definition) is 3. The first-order valence-electron chi connectivity index (χ1n) is 10.3. The molecule has 0 saturated carbocycles. The fourth-order valence-corrected chi connectivity index (χ4v) is 4.71. The van der Waals surface area contributed by atoms with E-state index in [-0.39, 0.29) is 36.4 Å². The maximum absolute atomic E-state index is 13.3. The summed E-state index contributed by atoms with van der Waals surface area (Å²) in [7, 11) is 0. The molecule has 0 spiro atoms. The van der Waals surface area contributed by atoms with Gasteiger partial charge in [-0.1, -0.05) is 24.3 Å². The summed E-state index contributed by atoms with van der Waals surface area (Å²) in [4.78, 5) is 11.5. The van der Waals surface area contributed by atoms with Crippen molar-refractivity contribution in [1.82, 2.24) is 5.32 Å². The van der Waals surface area contributed by atoms with Crippen LogP contribution in [0, 0.1) is 11.8 Å². The fourth-order valence-electron chi connectivity index (χ4n) is 4.71. The van der Waals surface area contributed by atoms with Crippen LogP contribution in [-0.4, -0.2) is 31.1 Å². The molecule has 1 amide bonds. The summed E-state index contributed by atoms with van der Waals surface area (Å²) < 4.78 is 46.3. The molecule has 0 bridgehead atoms. The van der Waals surface area contributed by atoms with Crippen molar-refractivity contribution >= 4 is 11.6 Å². The Labute approximate surface area is 173 Å². The summed E-state index contributed by atoms with van der Waals surface area (Å²) in [6.07, 6.45) is 5.56. The van der Waals surface area contributed by atoms with Crippen LogP contribution >= 0.6 is 0 Å². The van der Waals surface area contributed by atoms with Gasteiger partial charge in [-0.15, -0.1) is 0 Å². The minimum atomic E-state index is -4.42. The number of rotatable bonds is 4. The lowest BCUT2D eigenvalue weighted by Gasteiger charge is -2.47. The van der Waals surface area contributed by atoms with E-state index >= 15 is 0 Å². The molecule has 30 heavy (non-hydrogen) atoms. The van der Waals surface area contributed by atoms with E-state index in [2.05, 4.69) is 22.8 Å². The second-order valence-electron chi connectivity index (χ2n) is 8.11. The number of halogens is 3. The Morgan fingerprint density at radius 2 is 2.10 bits per heavy atom. The molecule has 0 aromatic heterocycles. The molecule has 8 heteroatoms. The van der Waals surface area contributed by atoms with Gasteiger partial charge < -0.3 is 21.1 Å². The number of fused-ring (bicyclic) bond motifs is 3. The number of amides is 1. The van der Waals surface area contributed by atoms with Crippen LogP contribution in [0.25, 0.3) is 0 Å². The van der Waals surface area contributed by atoms with E-state index in [1.54, 1.807) is 0 Å². The van der Waals surface area contributed by atoms with E-state index in [0.29, 0.717) is 17.8 Å². The van der Waals surface area contributed by atoms with Crippen LogP contribution in [0.15, 0.2) is 42.5 Å². The van der Waals surface area contributed by atoms with Gasteiger partial charge in [-0.05, 0) is 37.5 Å². The molecule has 4 rings (SSSR count). The number of carbonyl (C=O) groups excluding carboxylic acids is 1. The average Bonchev–Trinajstić information content (AvgIpc) is 2.76. The molecule has 4 N–H and O–H groups in total. The van der Waals surface area contributed by atoms with Gasteiger partial charge in [-0.2, -0.15) is 13.2 Å². The van der Waals surface area contributed by atoms with Gasteiger partial charge in [0, 0.05) is 35.7 Å². The largest absolute Gasteiger partial charge is 0.416 e. The Balaban J connectivity index is 1.63. The van der Waals surface area contributed by atoms with E-state index in [9.17, 15) is 18.0 Å². The Hall–Kier alpha value is -2.32. The van der Waals surface area contributed by atoms with E-state index in [1.807, 2.05) is 12.2 Å². The third-order valence-corrected chi connectivity index (χ3v) is 6.21. The number of hydrogen-bond acceptors (Lipinski definition) is 4. The summed E-state index contributed by atoms with van der Waals surface area (Å²) in [6, 6.07) is 3.89. The average molecular weight is 421 g/mol. The van der Waals surface area contributed by atoms with Crippen molar-refractivity contribution in [3.05, 3.63) is 53.6 Å². The predicted octanol–water partition coefficient (Wildman–Crippen LogP) is 3.54. The van der Waals surface area contributed by atoms with Crippen LogP contribution in [0.1, 0.15) is 36.5 Å². The van der Waals surface area contributed by atoms with Crippen molar-refractivity contribution in [3.63, 3.8) is 0 Å². The molecule has 1 unspecified atom stereocenters. The highest BCUT2D eigenvalue weighted by Gasteiger charge is 2.45. The molecule has 1 aliphatic carbocycles. The highest BCUT2D eigenvalue weighted by molar-refractivity contribution is 5.77. The van der Waals surface area contributed by atoms with Crippen molar-refractivity contribution in [1.29, 1.82) is 0 Å². The van der Waals surface area contributed by atoms with Gasteiger partial charge >= 0.3 is 6.18 Å². The number of anilines is 1. The highest BCUT2D eigenvalue weighted by Crippen LogP contribution is 2.49. The minimum Gasteiger partial charge on any atom is -0.381 e. The van der Waals surface area contributed by atoms with Crippen LogP contribution in [0.4, 0.5) is 18.9 Å². The number of ether oxygens (including phenoxy) is 1. The van der Waals surface area contributed by atoms with Gasteiger partial charge in [0.2, 0.25) is 5.91 Å². The maximum atomic E-state index is 13.3. The normalized spacial score (nSPS) is 30.2. The summed E-state index contributed by atoms with van der Waals surface area (Å²) in [5.41, 5.74) is 5.88. The second kappa shape index (κ2) is 8.43. The van der Waals surface area contributed by atoms with Gasteiger partial charge in [-0.3, -0.25) is 4.79 Å². The Bertz CT molecular complexity index is 853. The van der Waals surface area contributed by atoms with Gasteiger partial charge in [0.25, 0.3) is 0 Å². The van der Waals surface area contributed by atoms with Crippen LogP contribution in [-0.2, 0) is 15.7 Å². The molecule has 162 valence electrons. The molecular formula is C22H26F3N3O2. The first kappa shape index (κ1) is 20.9. The van der Waals surface area contributed by atoms with E-state index in [0.717, 1.165) is 25.3 Å². The number of carbonyl (C=O) groups is 1. The quantitative estimate of drug-likeness (QED) is 0.695. The first-order chi connectivity index (χ1) is 14.4. The molecule has 3 aliphatic rings. The summed E-state index contributed by atoms with van der Waals surface area (Å²) in [5, 5.41) is 6.23. The van der Waals surface area contributed by atoms with E-state index < -0.39 is 17.8 Å². The SMILES string of the molecule is NCC(=O)NC[C@H]1CC[C@@H]2[C@H](O1)c1cc(C(F)(F)F)ccc1N[C@H]2C1C=CC=CC1. The van der Waals surface area contributed by atoms with Crippen molar-refractivity contribution in [2.75, 3.05) is 18.4 Å². The van der Waals surface area contributed by atoms with Gasteiger partial charge in [-0.25, -0.2) is 0 Å². The summed E-state index contributed by atoms with van der Waals surface area (Å²) in [6.45, 7) is 0.196. The molecule has 2 heterocycles. The molecule has 5 nitrogen and oxygen atoms in total. The maximum Gasteiger partial charge on any atom is 0.416 e. The Morgan fingerprint density at radius 3 is 2.80 bits per heavy atom. The molecule has 5 atom stereocenters. The number of allylic oxidation sites excluding steroid dienone is 3. The minimum absolute atomic E-state index is 0.0450. The molecule has 1 saturated heterocycles. The van der Waals surface area contributed by atoms with Crippen molar-refractivity contribution < 1.29 is 22.7 Å². The third-order valence-electron chi connectivity index (χ3n) is 6.21. The molecule has 1 fully saturated rings. The lowest BCUT2D eigenvalue weighted by atomic mass is 9.73. The smallest absolute Gasteiger partial charge is 0.381 e. The van der Waals surface area contributed by atoms with Gasteiger partial charge in [0.15, 0.2) is 0 Å². The fraction of sp³-hybridized carbons (Fsp3) is 0.500. The van der Waals surface area contributed by atoms with Crippen LogP contribution in [0.2, 0.25) is 0 Å². The number of benzene rings is 1. The lowest BCUT2D eigenvalue weighted by Crippen LogP contribution is -2.48. The third kappa shape index (κ3) is 4.25. The van der Waals surface area contributed by atoms with Crippen molar-refractivity contribution in [3.8, 4) is 0 Å². The zero-order valence-electron chi connectivity index (χ0n) is 16.5. The van der Waals surface area contributed by atoms with Gasteiger partial charge in [0.1, 0.15) is 0 Å². The first-order valence-corrected chi connectivity index (χ1v) is 10.3. The monoisotopic (exact) mass is 421 g/mol. The molecule has 0 radical (unpaired) electrons. The highest BCUT2D eigenvalue weighted by atomic mass is 19.4. The topological polar surface area (TPSA) is 76.4 Å². The standard InChI is InChI=1S/C22H26F3N3O2/c23-22(24,25)14-6-9-18-17(10-14)21-16(20(28-18)13-4-2-1-3-5-13)8-7-15(30-21)12-27-19(29)11-26/h1-4,6,9-10,13,15-16,20-21,28H,5,7-8,11-12,26H2,(H,27,29)/t13?,15-,16+,20+,21+/m1/s1. The summed E-state index contributed by atoms with van der Waals surface area (Å²) in [5.74, 6) is 0.0152. The lowest BCUT2D eigenvalue weighted by molar-refractivity contribution is -0.138.